The number of halogens is 3. The van der Waals surface area contributed by atoms with E-state index < -0.39 is 6.36 Å². The summed E-state index contributed by atoms with van der Waals surface area (Å²) in [7, 11) is 1.73. The molecule has 40 heavy (non-hydrogen) atoms. The summed E-state index contributed by atoms with van der Waals surface area (Å²) in [6.45, 7) is 6.00. The van der Waals surface area contributed by atoms with Crippen LogP contribution < -0.4 is 14.5 Å². The van der Waals surface area contributed by atoms with Gasteiger partial charge in [0, 0.05) is 12.7 Å². The Bertz CT molecular complexity index is 1440. The first-order chi connectivity index (χ1) is 19.0. The standard InChI is InChI=1S/C28H27F3N6O2S/c1-18(2)23-7-5-6-8-24(23)37-26(38)17-40-27(37)35-32-16-19(3)15-20-9-14-25(34-33-20)36(4)21-10-12-22(13-11-21)39-28(29,30)31/h5-16,18H,17H2,1-4H3/b19-15+,32-16-,35-27-. The minimum Gasteiger partial charge on any atom is -0.406 e. The van der Waals surface area contributed by atoms with E-state index >= 15 is 0 Å². The molecule has 0 unspecified atom stereocenters. The van der Waals surface area contributed by atoms with Crippen LogP contribution in [-0.4, -0.2) is 46.6 Å². The summed E-state index contributed by atoms with van der Waals surface area (Å²) in [6, 6.07) is 16.8. The van der Waals surface area contributed by atoms with Crippen LogP contribution in [0.2, 0.25) is 0 Å². The molecule has 0 spiro atoms. The SMILES string of the molecule is CC(/C=N\N=C1/SCC(=O)N1c1ccccc1C(C)C)=C\c1ccc(N(C)c2ccc(OC(F)(F)F)cc2)nn1. The smallest absolute Gasteiger partial charge is 0.406 e. The number of rotatable bonds is 8. The Morgan fingerprint density at radius 2 is 1.82 bits per heavy atom. The van der Waals surface area contributed by atoms with Crippen molar-refractivity contribution in [3.8, 4) is 5.75 Å². The van der Waals surface area contributed by atoms with Crippen LogP contribution in [0.1, 0.15) is 37.9 Å². The van der Waals surface area contributed by atoms with Crippen molar-refractivity contribution in [2.45, 2.75) is 33.1 Å². The fraction of sp³-hybridized carbons (Fsp3) is 0.250. The highest BCUT2D eigenvalue weighted by Crippen LogP contribution is 2.33. The molecule has 0 saturated carbocycles. The Morgan fingerprint density at radius 3 is 2.48 bits per heavy atom. The molecule has 1 aromatic heterocycles. The molecule has 12 heteroatoms. The molecular formula is C28H27F3N6O2S. The highest BCUT2D eigenvalue weighted by Gasteiger charge is 2.32. The van der Waals surface area contributed by atoms with Crippen molar-refractivity contribution in [2.75, 3.05) is 22.6 Å². The number of benzene rings is 2. The number of ether oxygens (including phenoxy) is 1. The van der Waals surface area contributed by atoms with Gasteiger partial charge in [-0.15, -0.1) is 28.5 Å². The second-order valence-electron chi connectivity index (χ2n) is 9.16. The van der Waals surface area contributed by atoms with Gasteiger partial charge in [-0.2, -0.15) is 5.10 Å². The van der Waals surface area contributed by atoms with Crippen molar-refractivity contribution in [1.29, 1.82) is 0 Å². The lowest BCUT2D eigenvalue weighted by molar-refractivity contribution is -0.274. The van der Waals surface area contributed by atoms with Crippen molar-refractivity contribution in [1.82, 2.24) is 10.2 Å². The number of aromatic nitrogens is 2. The van der Waals surface area contributed by atoms with Crippen LogP contribution in [0.3, 0.4) is 0 Å². The van der Waals surface area contributed by atoms with E-state index in [1.54, 1.807) is 41.3 Å². The number of hydrogen-bond acceptors (Lipinski definition) is 8. The topological polar surface area (TPSA) is 83.3 Å². The largest absolute Gasteiger partial charge is 0.573 e. The van der Waals surface area contributed by atoms with Gasteiger partial charge in [-0.1, -0.05) is 43.8 Å². The first kappa shape index (κ1) is 28.8. The van der Waals surface area contributed by atoms with Crippen molar-refractivity contribution < 1.29 is 22.7 Å². The number of hydrogen-bond donors (Lipinski definition) is 0. The quantitative estimate of drug-likeness (QED) is 0.220. The molecule has 0 bridgehead atoms. The number of para-hydroxylation sites is 1. The van der Waals surface area contributed by atoms with Crippen LogP contribution in [0.4, 0.5) is 30.4 Å². The molecule has 3 aromatic rings. The average Bonchev–Trinajstić information content (AvgIpc) is 3.28. The minimum atomic E-state index is -4.74. The summed E-state index contributed by atoms with van der Waals surface area (Å²) < 4.78 is 41.0. The summed E-state index contributed by atoms with van der Waals surface area (Å²) in [5.74, 6) is 0.714. The molecule has 0 radical (unpaired) electrons. The maximum absolute atomic E-state index is 12.6. The van der Waals surface area contributed by atoms with E-state index in [4.69, 9.17) is 0 Å². The van der Waals surface area contributed by atoms with E-state index in [2.05, 4.69) is 39.0 Å². The molecule has 1 aliphatic rings. The lowest BCUT2D eigenvalue weighted by Crippen LogP contribution is -2.30. The van der Waals surface area contributed by atoms with Crippen molar-refractivity contribution in [2.24, 2.45) is 10.2 Å². The zero-order valence-corrected chi connectivity index (χ0v) is 23.1. The third-order valence-corrected chi connectivity index (χ3v) is 6.73. The van der Waals surface area contributed by atoms with Crippen molar-refractivity contribution in [3.63, 3.8) is 0 Å². The van der Waals surface area contributed by atoms with Crippen molar-refractivity contribution >= 4 is 52.3 Å². The number of carbonyl (C=O) groups is 1. The van der Waals surface area contributed by atoms with Gasteiger partial charge >= 0.3 is 6.36 Å². The Kier molecular flexibility index (Phi) is 8.88. The van der Waals surface area contributed by atoms with E-state index in [1.165, 1.54) is 36.0 Å². The number of carbonyl (C=O) groups excluding carboxylic acids is 1. The van der Waals surface area contributed by atoms with E-state index in [0.717, 1.165) is 16.8 Å². The number of thioether (sulfide) groups is 1. The molecule has 208 valence electrons. The molecular weight excluding hydrogens is 541 g/mol. The lowest BCUT2D eigenvalue weighted by Gasteiger charge is -2.20. The molecule has 0 aliphatic carbocycles. The number of allylic oxidation sites excluding steroid dienone is 1. The first-order valence-electron chi connectivity index (χ1n) is 12.3. The van der Waals surface area contributed by atoms with Crippen molar-refractivity contribution in [3.05, 3.63) is 77.5 Å². The monoisotopic (exact) mass is 568 g/mol. The Hall–Kier alpha value is -4.19. The van der Waals surface area contributed by atoms with Crippen LogP contribution in [0.25, 0.3) is 6.08 Å². The fourth-order valence-electron chi connectivity index (χ4n) is 3.89. The predicted molar refractivity (Wildman–Crippen MR) is 153 cm³/mol. The molecule has 1 fully saturated rings. The maximum atomic E-state index is 12.6. The molecule has 4 rings (SSSR count). The number of amidine groups is 1. The van der Waals surface area contributed by atoms with Crippen LogP contribution in [-0.2, 0) is 4.79 Å². The summed E-state index contributed by atoms with van der Waals surface area (Å²) in [5, 5.41) is 17.4. The predicted octanol–water partition coefficient (Wildman–Crippen LogP) is 6.79. The normalized spacial score (nSPS) is 15.5. The van der Waals surface area contributed by atoms with E-state index in [0.29, 0.717) is 28.1 Å². The highest BCUT2D eigenvalue weighted by molar-refractivity contribution is 8.15. The Labute approximate surface area is 234 Å². The zero-order chi connectivity index (χ0) is 28.9. The number of anilines is 3. The molecule has 1 aliphatic heterocycles. The number of nitrogens with zero attached hydrogens (tertiary/aromatic N) is 6. The fourth-order valence-corrected chi connectivity index (χ4v) is 4.70. The summed E-state index contributed by atoms with van der Waals surface area (Å²) >= 11 is 1.34. The summed E-state index contributed by atoms with van der Waals surface area (Å²) in [4.78, 5) is 15.9. The number of alkyl halides is 3. The second kappa shape index (κ2) is 12.3. The molecule has 2 aromatic carbocycles. The van der Waals surface area contributed by atoms with E-state index in [-0.39, 0.29) is 17.6 Å². The Balaban J connectivity index is 1.43. The van der Waals surface area contributed by atoms with Gasteiger partial charge in [0.2, 0.25) is 5.91 Å². The lowest BCUT2D eigenvalue weighted by atomic mass is 10.0. The van der Waals surface area contributed by atoms with Gasteiger partial charge in [0.05, 0.1) is 23.3 Å². The van der Waals surface area contributed by atoms with Gasteiger partial charge in [0.25, 0.3) is 0 Å². The molecule has 0 N–H and O–H groups in total. The molecule has 8 nitrogen and oxygen atoms in total. The number of amides is 1. The highest BCUT2D eigenvalue weighted by atomic mass is 32.2. The molecule has 1 saturated heterocycles. The first-order valence-corrected chi connectivity index (χ1v) is 13.3. The van der Waals surface area contributed by atoms with Gasteiger partial charge in [-0.25, -0.2) is 0 Å². The van der Waals surface area contributed by atoms with Crippen LogP contribution in [0.15, 0.2) is 76.4 Å². The van der Waals surface area contributed by atoms with Gasteiger partial charge < -0.3 is 9.64 Å². The van der Waals surface area contributed by atoms with Crippen LogP contribution >= 0.6 is 11.8 Å². The molecule has 1 amide bonds. The summed E-state index contributed by atoms with van der Waals surface area (Å²) in [5.41, 5.74) is 3.85. The van der Waals surface area contributed by atoms with Gasteiger partial charge in [0.1, 0.15) is 5.75 Å². The van der Waals surface area contributed by atoms with E-state index in [9.17, 15) is 18.0 Å². The van der Waals surface area contributed by atoms with Crippen LogP contribution in [0.5, 0.6) is 5.75 Å². The van der Waals surface area contributed by atoms with Gasteiger partial charge in [-0.05, 0) is 72.5 Å². The molecule has 0 atom stereocenters. The third-order valence-electron chi connectivity index (χ3n) is 5.82. The van der Waals surface area contributed by atoms with Gasteiger partial charge in [-0.3, -0.25) is 9.69 Å². The average molecular weight is 569 g/mol. The minimum absolute atomic E-state index is 0.0368. The van der Waals surface area contributed by atoms with E-state index in [1.807, 2.05) is 31.2 Å². The molecule has 2 heterocycles. The van der Waals surface area contributed by atoms with Gasteiger partial charge in [0.15, 0.2) is 11.0 Å². The third kappa shape index (κ3) is 7.26. The maximum Gasteiger partial charge on any atom is 0.573 e. The zero-order valence-electron chi connectivity index (χ0n) is 22.3. The summed E-state index contributed by atoms with van der Waals surface area (Å²) in [6.07, 6.45) is -1.38. The second-order valence-corrected chi connectivity index (χ2v) is 10.1. The van der Waals surface area contributed by atoms with Crippen LogP contribution in [0, 0.1) is 0 Å². The Morgan fingerprint density at radius 1 is 1.10 bits per heavy atom.